The molecule has 7 aromatic carbocycles. The molecule has 0 aliphatic rings. The van der Waals surface area contributed by atoms with Gasteiger partial charge in [-0.25, -0.2) is 0 Å². The van der Waals surface area contributed by atoms with Crippen molar-refractivity contribution in [1.82, 2.24) is 9.97 Å². The molecule has 0 N–H and O–H groups in total. The molecule has 246 valence electrons. The Morgan fingerprint density at radius 1 is 0.269 bits per heavy atom. The molecule has 0 aliphatic carbocycles. The second-order valence-electron chi connectivity index (χ2n) is 12.7. The average Bonchev–Trinajstić information content (AvgIpc) is 3.23. The van der Waals surface area contributed by atoms with Crippen LogP contribution in [0.2, 0.25) is 0 Å². The Hall–Kier alpha value is -5.78. The third kappa shape index (κ3) is 6.22. The van der Waals surface area contributed by atoms with Crippen molar-refractivity contribution in [3.63, 3.8) is 0 Å². The minimum atomic E-state index is -0.663. The van der Waals surface area contributed by atoms with E-state index in [2.05, 4.69) is 194 Å². The minimum Gasteiger partial charge on any atom is -0.254 e. The highest BCUT2D eigenvalue weighted by atomic mass is 31.1. The maximum absolute atomic E-state index is 4.90. The SMILES string of the molecule is c1ccc(P(c2ccccc2)c2ccc(-c3ccnc4c3ccc3c(-c5ccc(P(c6ccccc6)c6ccccc6)cc5)ccnc34)cc2)cc1. The first-order valence-electron chi connectivity index (χ1n) is 17.5. The maximum Gasteiger partial charge on any atom is 0.0970 e. The summed E-state index contributed by atoms with van der Waals surface area (Å²) in [5.74, 6) is 0. The quantitative estimate of drug-likeness (QED) is 0.117. The second kappa shape index (κ2) is 14.5. The molecule has 9 aromatic rings. The lowest BCUT2D eigenvalue weighted by Gasteiger charge is -2.20. The van der Waals surface area contributed by atoms with Crippen LogP contribution in [0.4, 0.5) is 0 Å². The van der Waals surface area contributed by atoms with Gasteiger partial charge in [-0.05, 0) is 82.1 Å². The van der Waals surface area contributed by atoms with Gasteiger partial charge in [0.2, 0.25) is 0 Å². The first kappa shape index (κ1) is 32.1. The molecule has 4 heteroatoms. The van der Waals surface area contributed by atoms with E-state index < -0.39 is 15.8 Å². The first-order chi connectivity index (χ1) is 25.8. The highest BCUT2D eigenvalue weighted by Crippen LogP contribution is 2.38. The van der Waals surface area contributed by atoms with Gasteiger partial charge in [0.1, 0.15) is 0 Å². The molecule has 52 heavy (non-hydrogen) atoms. The van der Waals surface area contributed by atoms with Crippen LogP contribution in [0.25, 0.3) is 44.1 Å². The molecule has 0 amide bonds. The van der Waals surface area contributed by atoms with Crippen LogP contribution in [0.3, 0.4) is 0 Å². The van der Waals surface area contributed by atoms with Gasteiger partial charge in [0, 0.05) is 23.2 Å². The van der Waals surface area contributed by atoms with Gasteiger partial charge in [0.25, 0.3) is 0 Å². The molecular formula is C48H34N2P2. The van der Waals surface area contributed by atoms with E-state index in [4.69, 9.17) is 9.97 Å². The van der Waals surface area contributed by atoms with E-state index in [-0.39, 0.29) is 0 Å². The summed E-state index contributed by atoms with van der Waals surface area (Å²) >= 11 is 0. The van der Waals surface area contributed by atoms with Gasteiger partial charge in [-0.15, -0.1) is 0 Å². The second-order valence-corrected chi connectivity index (χ2v) is 17.1. The van der Waals surface area contributed by atoms with Crippen LogP contribution < -0.4 is 31.8 Å². The van der Waals surface area contributed by atoms with Crippen LogP contribution in [-0.2, 0) is 0 Å². The van der Waals surface area contributed by atoms with Crippen molar-refractivity contribution < 1.29 is 0 Å². The average molecular weight is 701 g/mol. The molecule has 0 spiro atoms. The van der Waals surface area contributed by atoms with E-state index in [0.717, 1.165) is 32.9 Å². The summed E-state index contributed by atoms with van der Waals surface area (Å²) in [6.07, 6.45) is 3.84. The summed E-state index contributed by atoms with van der Waals surface area (Å²) < 4.78 is 0. The minimum absolute atomic E-state index is 0.663. The highest BCUT2D eigenvalue weighted by molar-refractivity contribution is 7.80. The molecule has 0 atom stereocenters. The van der Waals surface area contributed by atoms with Crippen molar-refractivity contribution in [2.45, 2.75) is 0 Å². The van der Waals surface area contributed by atoms with Crippen molar-refractivity contribution in [2.75, 3.05) is 0 Å². The van der Waals surface area contributed by atoms with Crippen LogP contribution in [0.15, 0.2) is 207 Å². The van der Waals surface area contributed by atoms with Gasteiger partial charge < -0.3 is 0 Å². The Bertz CT molecular complexity index is 2330. The Kier molecular flexibility index (Phi) is 8.94. The molecule has 9 rings (SSSR count). The molecule has 0 bridgehead atoms. The van der Waals surface area contributed by atoms with Crippen LogP contribution >= 0.6 is 15.8 Å². The lowest BCUT2D eigenvalue weighted by molar-refractivity contribution is 1.37. The Labute approximate surface area is 307 Å². The van der Waals surface area contributed by atoms with Crippen molar-refractivity contribution in [3.8, 4) is 22.3 Å². The molecule has 2 aromatic heterocycles. The van der Waals surface area contributed by atoms with E-state index in [0.29, 0.717) is 0 Å². The van der Waals surface area contributed by atoms with Gasteiger partial charge in [0.05, 0.1) is 11.0 Å². The summed E-state index contributed by atoms with van der Waals surface area (Å²) in [5, 5.41) is 10.3. The van der Waals surface area contributed by atoms with Gasteiger partial charge in [-0.3, -0.25) is 9.97 Å². The van der Waals surface area contributed by atoms with Crippen molar-refractivity contribution in [2.24, 2.45) is 0 Å². The van der Waals surface area contributed by atoms with Crippen LogP contribution in [0, 0.1) is 0 Å². The van der Waals surface area contributed by atoms with Gasteiger partial charge >= 0.3 is 0 Å². The fourth-order valence-electron chi connectivity index (χ4n) is 7.11. The predicted octanol–water partition coefficient (Wildman–Crippen LogP) is 9.63. The summed E-state index contributed by atoms with van der Waals surface area (Å²) in [6, 6.07) is 70.4. The summed E-state index contributed by atoms with van der Waals surface area (Å²) in [4.78, 5) is 9.81. The van der Waals surface area contributed by atoms with E-state index in [9.17, 15) is 0 Å². The Balaban J connectivity index is 1.07. The third-order valence-corrected chi connectivity index (χ3v) is 14.4. The Morgan fingerprint density at radius 2 is 0.558 bits per heavy atom. The number of hydrogen-bond donors (Lipinski definition) is 0. The van der Waals surface area contributed by atoms with Crippen molar-refractivity contribution in [1.29, 1.82) is 0 Å². The predicted molar refractivity (Wildman–Crippen MR) is 225 cm³/mol. The summed E-state index contributed by atoms with van der Waals surface area (Å²) in [6.45, 7) is 0. The summed E-state index contributed by atoms with van der Waals surface area (Å²) in [7, 11) is -1.33. The number of rotatable bonds is 8. The fraction of sp³-hybridized carbons (Fsp3) is 0. The van der Waals surface area contributed by atoms with Gasteiger partial charge in [0.15, 0.2) is 0 Å². The standard InChI is InChI=1S/C48H34N2P2/c1-5-13-37(14-6-1)51(38-15-7-2-8-16-38)41-25-21-35(22-26-41)43-31-33-49-47-45(43)29-30-46-44(32-34-50-48(46)47)36-23-27-42(28-24-36)52(39-17-9-3-10-18-39)40-19-11-4-12-20-40/h1-34H. The van der Waals surface area contributed by atoms with Crippen LogP contribution in [0.5, 0.6) is 0 Å². The number of nitrogens with zero attached hydrogens (tertiary/aromatic N) is 2. The number of aromatic nitrogens is 2. The normalized spacial score (nSPS) is 11.4. The number of hydrogen-bond acceptors (Lipinski definition) is 2. The van der Waals surface area contributed by atoms with Crippen molar-refractivity contribution >= 4 is 69.5 Å². The Morgan fingerprint density at radius 3 is 0.865 bits per heavy atom. The van der Waals surface area contributed by atoms with Crippen molar-refractivity contribution in [3.05, 3.63) is 207 Å². The van der Waals surface area contributed by atoms with E-state index in [1.807, 2.05) is 12.4 Å². The lowest BCUT2D eigenvalue weighted by Crippen LogP contribution is -2.20. The molecule has 2 nitrogen and oxygen atoms in total. The maximum atomic E-state index is 4.90. The third-order valence-electron chi connectivity index (χ3n) is 9.55. The van der Waals surface area contributed by atoms with Crippen LogP contribution in [-0.4, -0.2) is 9.97 Å². The molecular weight excluding hydrogens is 666 g/mol. The molecule has 0 saturated heterocycles. The van der Waals surface area contributed by atoms with E-state index >= 15 is 0 Å². The zero-order valence-electron chi connectivity index (χ0n) is 28.4. The smallest absolute Gasteiger partial charge is 0.0970 e. The molecule has 0 aliphatic heterocycles. The highest BCUT2D eigenvalue weighted by Gasteiger charge is 2.19. The molecule has 2 heterocycles. The summed E-state index contributed by atoms with van der Waals surface area (Å²) in [5.41, 5.74) is 6.51. The number of benzene rings is 7. The van der Waals surface area contributed by atoms with Crippen LogP contribution in [0.1, 0.15) is 0 Å². The number of fused-ring (bicyclic) bond motifs is 3. The fourth-order valence-corrected chi connectivity index (χ4v) is 11.7. The van der Waals surface area contributed by atoms with E-state index in [1.165, 1.54) is 43.0 Å². The largest absolute Gasteiger partial charge is 0.254 e. The van der Waals surface area contributed by atoms with E-state index in [1.54, 1.807) is 0 Å². The molecule has 0 unspecified atom stereocenters. The monoisotopic (exact) mass is 700 g/mol. The molecule has 0 radical (unpaired) electrons. The zero-order valence-corrected chi connectivity index (χ0v) is 30.2. The number of pyridine rings is 2. The lowest BCUT2D eigenvalue weighted by atomic mass is 9.96. The first-order valence-corrected chi connectivity index (χ1v) is 20.2. The molecule has 0 fully saturated rings. The van der Waals surface area contributed by atoms with Gasteiger partial charge in [-0.2, -0.15) is 0 Å². The zero-order chi connectivity index (χ0) is 34.7. The topological polar surface area (TPSA) is 25.8 Å². The molecule has 0 saturated carbocycles. The van der Waals surface area contributed by atoms with Gasteiger partial charge in [-0.1, -0.05) is 182 Å².